The van der Waals surface area contributed by atoms with Gasteiger partial charge in [0.25, 0.3) is 0 Å². The number of halogens is 1. The van der Waals surface area contributed by atoms with Crippen LogP contribution < -0.4 is 4.31 Å². The lowest BCUT2D eigenvalue weighted by Crippen LogP contribution is -2.34. The van der Waals surface area contributed by atoms with Gasteiger partial charge < -0.3 is 4.42 Å². The second-order valence-electron chi connectivity index (χ2n) is 4.96. The molecular formula is C14H14BrN3O2S. The number of hydrogen-bond donors (Lipinski definition) is 0. The summed E-state index contributed by atoms with van der Waals surface area (Å²) >= 11 is 3.39. The number of anilines is 1. The first kappa shape index (κ1) is 14.5. The number of hydrogen-bond acceptors (Lipinski definition) is 4. The van der Waals surface area contributed by atoms with E-state index in [1.54, 1.807) is 4.31 Å². The van der Waals surface area contributed by atoms with Crippen LogP contribution >= 0.6 is 15.9 Å². The van der Waals surface area contributed by atoms with Gasteiger partial charge in [0.2, 0.25) is 5.89 Å². The van der Waals surface area contributed by atoms with Crippen LogP contribution in [0.2, 0.25) is 0 Å². The summed E-state index contributed by atoms with van der Waals surface area (Å²) in [5.74, 6) is 0.945. The third-order valence-electron chi connectivity index (χ3n) is 3.41. The predicted molar refractivity (Wildman–Crippen MR) is 86.2 cm³/mol. The maximum absolute atomic E-state index is 12.2. The molecule has 1 aliphatic heterocycles. The van der Waals surface area contributed by atoms with Crippen molar-refractivity contribution in [1.29, 1.82) is 0 Å². The van der Waals surface area contributed by atoms with Gasteiger partial charge in [0.05, 0.1) is 12.3 Å². The Bertz CT molecular complexity index is 724. The molecule has 0 amide bonds. The van der Waals surface area contributed by atoms with Crippen LogP contribution in [0.3, 0.4) is 0 Å². The van der Waals surface area contributed by atoms with E-state index >= 15 is 0 Å². The van der Waals surface area contributed by atoms with Gasteiger partial charge in [-0.15, -0.1) is 5.10 Å². The quantitative estimate of drug-likeness (QED) is 0.763. The van der Waals surface area contributed by atoms with Crippen LogP contribution in [0.25, 0.3) is 11.5 Å². The van der Waals surface area contributed by atoms with E-state index in [1.165, 1.54) is 5.57 Å². The maximum atomic E-state index is 12.2. The lowest BCUT2D eigenvalue weighted by molar-refractivity contribution is 0.569. The number of benzene rings is 1. The Labute approximate surface area is 133 Å². The molecule has 1 aromatic carbocycles. The third kappa shape index (κ3) is 2.94. The maximum Gasteiger partial charge on any atom is 0.330 e. The van der Waals surface area contributed by atoms with Gasteiger partial charge >= 0.3 is 6.01 Å². The van der Waals surface area contributed by atoms with E-state index in [1.807, 2.05) is 38.1 Å². The minimum absolute atomic E-state index is 0.304. The second-order valence-corrected chi connectivity index (χ2v) is 7.25. The number of nitrogens with zero attached hydrogens (tertiary/aromatic N) is 3. The first-order chi connectivity index (χ1) is 10.0. The van der Waals surface area contributed by atoms with Crippen molar-refractivity contribution in [3.05, 3.63) is 39.9 Å². The van der Waals surface area contributed by atoms with Crippen molar-refractivity contribution < 1.29 is 8.63 Å². The minimum Gasteiger partial charge on any atom is -0.403 e. The summed E-state index contributed by atoms with van der Waals surface area (Å²) in [6, 6.07) is 7.91. The molecule has 21 heavy (non-hydrogen) atoms. The number of rotatable bonds is 2. The molecule has 0 bridgehead atoms. The molecule has 0 saturated carbocycles. The van der Waals surface area contributed by atoms with E-state index in [4.69, 9.17) is 4.42 Å². The average molecular weight is 368 g/mol. The van der Waals surface area contributed by atoms with Crippen LogP contribution in [-0.4, -0.2) is 26.7 Å². The fraction of sp³-hybridized carbons (Fsp3) is 0.286. The van der Waals surface area contributed by atoms with Crippen LogP contribution in [0.1, 0.15) is 13.8 Å². The Hall–Kier alpha value is -1.47. The second kappa shape index (κ2) is 5.73. The fourth-order valence-corrected chi connectivity index (χ4v) is 3.61. The lowest BCUT2D eigenvalue weighted by atomic mass is 10.2. The molecule has 1 aromatic heterocycles. The van der Waals surface area contributed by atoms with Gasteiger partial charge in [0, 0.05) is 10.0 Å². The van der Waals surface area contributed by atoms with E-state index in [2.05, 4.69) is 26.1 Å². The highest BCUT2D eigenvalue weighted by molar-refractivity contribution is 9.10. The zero-order chi connectivity index (χ0) is 15.0. The van der Waals surface area contributed by atoms with E-state index in [-0.39, 0.29) is 0 Å². The van der Waals surface area contributed by atoms with Gasteiger partial charge in [-0.25, -0.2) is 8.51 Å². The molecule has 2 aromatic rings. The molecule has 0 N–H and O–H groups in total. The molecule has 3 rings (SSSR count). The van der Waals surface area contributed by atoms with Crippen molar-refractivity contribution >= 4 is 32.9 Å². The lowest BCUT2D eigenvalue weighted by Gasteiger charge is -2.25. The molecular weight excluding hydrogens is 354 g/mol. The highest BCUT2D eigenvalue weighted by Gasteiger charge is 2.26. The van der Waals surface area contributed by atoms with E-state index in [0.717, 1.165) is 15.6 Å². The summed E-state index contributed by atoms with van der Waals surface area (Å²) in [7, 11) is -1.15. The van der Waals surface area contributed by atoms with Gasteiger partial charge in [-0.2, -0.15) is 0 Å². The summed E-state index contributed by atoms with van der Waals surface area (Å²) in [4.78, 5) is 0. The van der Waals surface area contributed by atoms with Gasteiger partial charge in [-0.3, -0.25) is 0 Å². The standard InChI is InChI=1S/C14H14BrN3O2S/c1-9-7-18(21(19)8-10(9)2)14-17-16-13(20-14)11-3-5-12(15)6-4-11/h3-6H,7-8H2,1-2H3. The zero-order valence-electron chi connectivity index (χ0n) is 11.7. The smallest absolute Gasteiger partial charge is 0.330 e. The van der Waals surface area contributed by atoms with E-state index in [0.29, 0.717) is 24.2 Å². The van der Waals surface area contributed by atoms with Crippen molar-refractivity contribution in [2.45, 2.75) is 13.8 Å². The van der Waals surface area contributed by atoms with Gasteiger partial charge in [-0.05, 0) is 38.1 Å². The summed E-state index contributed by atoms with van der Waals surface area (Å²) in [6.07, 6.45) is 0. The van der Waals surface area contributed by atoms with E-state index in [9.17, 15) is 4.21 Å². The average Bonchev–Trinajstić information content (AvgIpc) is 2.93. The first-order valence-electron chi connectivity index (χ1n) is 6.45. The topological polar surface area (TPSA) is 59.2 Å². The van der Waals surface area contributed by atoms with Crippen LogP contribution in [0.15, 0.2) is 44.3 Å². The Kier molecular flexibility index (Phi) is 3.95. The Balaban J connectivity index is 1.88. The Morgan fingerprint density at radius 2 is 1.90 bits per heavy atom. The van der Waals surface area contributed by atoms with Crippen molar-refractivity contribution in [3.63, 3.8) is 0 Å². The predicted octanol–water partition coefficient (Wildman–Crippen LogP) is 3.32. The van der Waals surface area contributed by atoms with E-state index < -0.39 is 11.0 Å². The molecule has 0 aliphatic carbocycles. The summed E-state index contributed by atoms with van der Waals surface area (Å²) in [6.45, 7) is 4.59. The molecule has 0 fully saturated rings. The van der Waals surface area contributed by atoms with Gasteiger partial charge in [-0.1, -0.05) is 32.2 Å². The summed E-state index contributed by atoms with van der Waals surface area (Å²) in [5.41, 5.74) is 3.19. The molecule has 0 radical (unpaired) electrons. The van der Waals surface area contributed by atoms with Crippen molar-refractivity contribution in [1.82, 2.24) is 10.2 Å². The molecule has 1 unspecified atom stereocenters. The Morgan fingerprint density at radius 3 is 2.62 bits per heavy atom. The zero-order valence-corrected chi connectivity index (χ0v) is 14.1. The fourth-order valence-electron chi connectivity index (χ4n) is 1.99. The molecule has 1 atom stereocenters. The van der Waals surface area contributed by atoms with Crippen LogP contribution in [-0.2, 0) is 11.0 Å². The summed E-state index contributed by atoms with van der Waals surface area (Å²) in [5, 5.41) is 8.08. The third-order valence-corrected chi connectivity index (χ3v) is 5.40. The van der Waals surface area contributed by atoms with Crippen molar-refractivity contribution in [2.75, 3.05) is 16.6 Å². The molecule has 5 nitrogen and oxygen atoms in total. The minimum atomic E-state index is -1.15. The molecule has 0 saturated heterocycles. The van der Waals surface area contributed by atoms with Crippen LogP contribution in [0, 0.1) is 0 Å². The molecule has 0 spiro atoms. The molecule has 1 aliphatic rings. The first-order valence-corrected chi connectivity index (χ1v) is 8.52. The van der Waals surface area contributed by atoms with Crippen molar-refractivity contribution in [2.24, 2.45) is 0 Å². The number of aromatic nitrogens is 2. The normalized spacial score (nSPS) is 19.2. The van der Waals surface area contributed by atoms with Gasteiger partial charge in [0.15, 0.2) is 0 Å². The van der Waals surface area contributed by atoms with Crippen LogP contribution in [0.4, 0.5) is 6.01 Å². The monoisotopic (exact) mass is 367 g/mol. The molecule has 2 heterocycles. The van der Waals surface area contributed by atoms with Crippen molar-refractivity contribution in [3.8, 4) is 11.5 Å². The van der Waals surface area contributed by atoms with Crippen LogP contribution in [0.5, 0.6) is 0 Å². The molecule has 7 heteroatoms. The molecule has 110 valence electrons. The SMILES string of the molecule is CC1=C(C)CS(=O)N(c2nnc(-c3ccc(Br)cc3)o2)C1. The highest BCUT2D eigenvalue weighted by atomic mass is 79.9. The largest absolute Gasteiger partial charge is 0.403 e. The Morgan fingerprint density at radius 1 is 1.19 bits per heavy atom. The highest BCUT2D eigenvalue weighted by Crippen LogP contribution is 2.27. The van der Waals surface area contributed by atoms with Gasteiger partial charge in [0.1, 0.15) is 11.0 Å². The summed E-state index contributed by atoms with van der Waals surface area (Å²) < 4.78 is 20.5.